The molecule has 0 saturated carbocycles. The summed E-state index contributed by atoms with van der Waals surface area (Å²) in [7, 11) is -3.84. The third kappa shape index (κ3) is 5.75. The van der Waals surface area contributed by atoms with E-state index < -0.39 is 22.7 Å². The lowest BCUT2D eigenvalue weighted by Gasteiger charge is -2.33. The minimum Gasteiger partial charge on any atom is -0.341 e. The molecule has 2 saturated heterocycles. The van der Waals surface area contributed by atoms with Gasteiger partial charge in [-0.1, -0.05) is 12.1 Å². The largest absolute Gasteiger partial charge is 0.401 e. The fourth-order valence-corrected chi connectivity index (χ4v) is 5.74. The quantitative estimate of drug-likeness (QED) is 0.690. The molecule has 7 nitrogen and oxygen atoms in total. The normalized spacial score (nSPS) is 20.3. The van der Waals surface area contributed by atoms with E-state index in [-0.39, 0.29) is 55.0 Å². The summed E-state index contributed by atoms with van der Waals surface area (Å²) in [6.07, 6.45) is -3.10. The third-order valence-electron chi connectivity index (χ3n) is 5.73. The van der Waals surface area contributed by atoms with Crippen molar-refractivity contribution in [2.24, 2.45) is 5.92 Å². The molecule has 2 fully saturated rings. The first-order valence-electron chi connectivity index (χ1n) is 10.2. The highest BCUT2D eigenvalue weighted by molar-refractivity contribution is 7.89. The van der Waals surface area contributed by atoms with Crippen molar-refractivity contribution in [2.45, 2.75) is 30.3 Å². The van der Waals surface area contributed by atoms with Crippen molar-refractivity contribution in [2.75, 3.05) is 45.8 Å². The van der Waals surface area contributed by atoms with Crippen LogP contribution < -0.4 is 0 Å². The van der Waals surface area contributed by atoms with Crippen molar-refractivity contribution in [3.63, 3.8) is 0 Å². The summed E-state index contributed by atoms with van der Waals surface area (Å²) in [6, 6.07) is 7.90. The zero-order valence-corrected chi connectivity index (χ0v) is 17.8. The van der Waals surface area contributed by atoms with E-state index in [1.807, 2.05) is 6.07 Å². The summed E-state index contributed by atoms with van der Waals surface area (Å²) in [5, 5.41) is 9.19. The number of rotatable bonds is 4. The van der Waals surface area contributed by atoms with Gasteiger partial charge in [-0.2, -0.15) is 22.7 Å². The van der Waals surface area contributed by atoms with E-state index in [1.165, 1.54) is 21.3 Å². The Morgan fingerprint density at radius 2 is 1.74 bits per heavy atom. The van der Waals surface area contributed by atoms with Crippen LogP contribution >= 0.6 is 0 Å². The lowest BCUT2D eigenvalue weighted by molar-refractivity contribution is -0.145. The Balaban J connectivity index is 1.58. The van der Waals surface area contributed by atoms with Crippen molar-refractivity contribution in [1.29, 1.82) is 5.26 Å². The van der Waals surface area contributed by atoms with Crippen LogP contribution in [0.2, 0.25) is 0 Å². The van der Waals surface area contributed by atoms with Gasteiger partial charge < -0.3 is 4.90 Å². The number of piperidine rings is 1. The van der Waals surface area contributed by atoms with Crippen LogP contribution in [0.4, 0.5) is 13.2 Å². The minimum absolute atomic E-state index is 0.0421. The molecule has 0 aromatic heterocycles. The first-order valence-corrected chi connectivity index (χ1v) is 11.6. The zero-order valence-electron chi connectivity index (χ0n) is 17.0. The van der Waals surface area contributed by atoms with E-state index in [9.17, 15) is 31.6 Å². The smallest absolute Gasteiger partial charge is 0.341 e. The van der Waals surface area contributed by atoms with Crippen LogP contribution in [0.1, 0.15) is 24.8 Å². The van der Waals surface area contributed by atoms with Crippen LogP contribution in [0.5, 0.6) is 0 Å². The topological polar surface area (TPSA) is 84.7 Å². The van der Waals surface area contributed by atoms with Crippen molar-refractivity contribution >= 4 is 15.9 Å². The maximum atomic E-state index is 12.9. The first-order chi connectivity index (χ1) is 14.6. The van der Waals surface area contributed by atoms with Crippen molar-refractivity contribution in [3.8, 4) is 6.07 Å². The summed E-state index contributed by atoms with van der Waals surface area (Å²) in [5.74, 6) is -0.477. The molecule has 0 unspecified atom stereocenters. The van der Waals surface area contributed by atoms with Gasteiger partial charge >= 0.3 is 6.18 Å². The molecular formula is C20H25F3N4O3S. The predicted molar refractivity (Wildman–Crippen MR) is 106 cm³/mol. The molecule has 1 aromatic rings. The Morgan fingerprint density at radius 1 is 1.06 bits per heavy atom. The Hall–Kier alpha value is -2.16. The number of hydrogen-bond acceptors (Lipinski definition) is 5. The van der Waals surface area contributed by atoms with Gasteiger partial charge in [0.15, 0.2) is 0 Å². The highest BCUT2D eigenvalue weighted by atomic mass is 32.2. The van der Waals surface area contributed by atoms with Crippen LogP contribution in [0.15, 0.2) is 29.2 Å². The first kappa shape index (κ1) is 23.5. The molecule has 2 aliphatic rings. The Bertz CT molecular complexity index is 938. The Labute approximate surface area is 180 Å². The second-order valence-electron chi connectivity index (χ2n) is 7.86. The predicted octanol–water partition coefficient (Wildman–Crippen LogP) is 2.06. The van der Waals surface area contributed by atoms with Crippen LogP contribution in [-0.4, -0.2) is 80.4 Å². The number of alkyl halides is 3. The van der Waals surface area contributed by atoms with E-state index in [2.05, 4.69) is 0 Å². The molecule has 0 radical (unpaired) electrons. The maximum absolute atomic E-state index is 12.9. The summed E-state index contributed by atoms with van der Waals surface area (Å²) in [6.45, 7) is 0.445. The van der Waals surface area contributed by atoms with Gasteiger partial charge in [-0.15, -0.1) is 0 Å². The molecule has 0 atom stereocenters. The van der Waals surface area contributed by atoms with Crippen molar-refractivity contribution in [1.82, 2.24) is 14.1 Å². The average Bonchev–Trinajstić information content (AvgIpc) is 2.97. The van der Waals surface area contributed by atoms with Crippen LogP contribution in [-0.2, 0) is 14.8 Å². The van der Waals surface area contributed by atoms with Gasteiger partial charge in [0.25, 0.3) is 0 Å². The van der Waals surface area contributed by atoms with Crippen LogP contribution in [0.3, 0.4) is 0 Å². The summed E-state index contributed by atoms with van der Waals surface area (Å²) in [4.78, 5) is 15.8. The van der Waals surface area contributed by atoms with Gasteiger partial charge in [0.2, 0.25) is 15.9 Å². The minimum atomic E-state index is -4.26. The molecule has 3 rings (SSSR count). The van der Waals surface area contributed by atoms with Gasteiger partial charge in [-0.05, 0) is 31.4 Å². The number of nitrogens with zero attached hydrogens (tertiary/aromatic N) is 4. The molecular weight excluding hydrogens is 433 g/mol. The molecule has 0 aliphatic carbocycles. The molecule has 11 heteroatoms. The molecule has 0 N–H and O–H groups in total. The highest BCUT2D eigenvalue weighted by Gasteiger charge is 2.36. The molecule has 2 heterocycles. The molecule has 0 bridgehead atoms. The standard InChI is InChI=1S/C20H25F3N4O3S/c21-20(22,23)15-25-8-3-9-26(13-12-25)19(28)16-6-10-27(11-7-16)31(29,30)18-5-2-1-4-17(18)14-24/h1-2,4-5,16H,3,6-13,15H2. The molecule has 1 aromatic carbocycles. The Morgan fingerprint density at radius 3 is 2.39 bits per heavy atom. The lowest BCUT2D eigenvalue weighted by Crippen LogP contribution is -2.45. The van der Waals surface area contributed by atoms with Gasteiger partial charge in [0, 0.05) is 45.2 Å². The Kier molecular flexibility index (Phi) is 7.24. The fraction of sp³-hybridized carbons (Fsp3) is 0.600. The van der Waals surface area contributed by atoms with Gasteiger partial charge in [0.05, 0.1) is 17.0 Å². The SMILES string of the molecule is N#Cc1ccccc1S(=O)(=O)N1CCC(C(=O)N2CCCN(CC(F)(F)F)CC2)CC1. The second kappa shape index (κ2) is 9.54. The average molecular weight is 459 g/mol. The zero-order chi connectivity index (χ0) is 22.6. The van der Waals surface area contributed by atoms with Gasteiger partial charge in [-0.3, -0.25) is 9.69 Å². The summed E-state index contributed by atoms with van der Waals surface area (Å²) < 4.78 is 65.0. The van der Waals surface area contributed by atoms with Crippen LogP contribution in [0, 0.1) is 17.2 Å². The number of nitriles is 1. The van der Waals surface area contributed by atoms with Gasteiger partial charge in [0.1, 0.15) is 6.07 Å². The van der Waals surface area contributed by atoms with Crippen molar-refractivity contribution in [3.05, 3.63) is 29.8 Å². The number of sulfonamides is 1. The van der Waals surface area contributed by atoms with Crippen molar-refractivity contribution < 1.29 is 26.4 Å². The van der Waals surface area contributed by atoms with E-state index in [1.54, 1.807) is 17.0 Å². The fourth-order valence-electron chi connectivity index (χ4n) is 4.13. The van der Waals surface area contributed by atoms with E-state index >= 15 is 0 Å². The number of carbonyl (C=O) groups excluding carboxylic acids is 1. The van der Waals surface area contributed by atoms with E-state index in [4.69, 9.17) is 0 Å². The second-order valence-corrected chi connectivity index (χ2v) is 9.76. The number of carbonyl (C=O) groups is 1. The monoisotopic (exact) mass is 458 g/mol. The lowest BCUT2D eigenvalue weighted by atomic mass is 9.96. The third-order valence-corrected chi connectivity index (χ3v) is 7.69. The molecule has 2 aliphatic heterocycles. The molecule has 170 valence electrons. The summed E-state index contributed by atoms with van der Waals surface area (Å²) >= 11 is 0. The number of hydrogen-bond donors (Lipinski definition) is 0. The molecule has 31 heavy (non-hydrogen) atoms. The van der Waals surface area contributed by atoms with E-state index in [0.29, 0.717) is 25.8 Å². The number of amides is 1. The molecule has 1 amide bonds. The maximum Gasteiger partial charge on any atom is 0.401 e. The van der Waals surface area contributed by atoms with Gasteiger partial charge in [-0.25, -0.2) is 8.42 Å². The van der Waals surface area contributed by atoms with Crippen LogP contribution in [0.25, 0.3) is 0 Å². The van der Waals surface area contributed by atoms with E-state index in [0.717, 1.165) is 0 Å². The highest BCUT2D eigenvalue weighted by Crippen LogP contribution is 2.27. The summed E-state index contributed by atoms with van der Waals surface area (Å²) in [5.41, 5.74) is 0.0775. The molecule has 0 spiro atoms. The number of halogens is 3. The number of benzene rings is 1.